The maximum Gasteiger partial charge on any atom is 0.0191 e. The lowest BCUT2D eigenvalue weighted by Gasteiger charge is -2.18. The third-order valence-electron chi connectivity index (χ3n) is 2.68. The molecule has 1 saturated heterocycles. The molecule has 2 unspecified atom stereocenters. The van der Waals surface area contributed by atoms with Crippen LogP contribution in [0, 0.1) is 11.8 Å². The van der Waals surface area contributed by atoms with Crippen LogP contribution in [0.4, 0.5) is 0 Å². The first-order chi connectivity index (χ1) is 5.74. The highest BCUT2D eigenvalue weighted by molar-refractivity contribution is 7.99. The summed E-state index contributed by atoms with van der Waals surface area (Å²) in [6.07, 6.45) is 2.81. The smallest absolute Gasteiger partial charge is 0.0191 e. The highest BCUT2D eigenvalue weighted by Gasteiger charge is 2.25. The molecule has 0 aliphatic carbocycles. The summed E-state index contributed by atoms with van der Waals surface area (Å²) >= 11 is 2.10. The molecule has 1 rings (SSSR count). The standard InChI is InChI=1S/C10H21NS/c1-8(2)4-5-9-6-12-7-10(9)11-3/h8-11H,4-7H2,1-3H3. The zero-order valence-corrected chi connectivity index (χ0v) is 9.29. The Bertz CT molecular complexity index is 125. The fraction of sp³-hybridized carbons (Fsp3) is 1.00. The van der Waals surface area contributed by atoms with E-state index in [-0.39, 0.29) is 0 Å². The first-order valence-electron chi connectivity index (χ1n) is 4.99. The molecule has 0 saturated carbocycles. The number of hydrogen-bond acceptors (Lipinski definition) is 2. The van der Waals surface area contributed by atoms with Crippen LogP contribution in [0.25, 0.3) is 0 Å². The van der Waals surface area contributed by atoms with E-state index in [2.05, 4.69) is 38.0 Å². The normalized spacial score (nSPS) is 30.0. The maximum atomic E-state index is 3.42. The molecule has 72 valence electrons. The summed E-state index contributed by atoms with van der Waals surface area (Å²) in [6, 6.07) is 0.786. The van der Waals surface area contributed by atoms with Crippen LogP contribution in [0.5, 0.6) is 0 Å². The average Bonchev–Trinajstić information content (AvgIpc) is 2.47. The van der Waals surface area contributed by atoms with Gasteiger partial charge in [-0.1, -0.05) is 20.3 Å². The van der Waals surface area contributed by atoms with Crippen LogP contribution in [-0.4, -0.2) is 24.6 Å². The van der Waals surface area contributed by atoms with Crippen molar-refractivity contribution in [1.82, 2.24) is 5.32 Å². The summed E-state index contributed by atoms with van der Waals surface area (Å²) in [6.45, 7) is 4.63. The van der Waals surface area contributed by atoms with Crippen molar-refractivity contribution >= 4 is 11.8 Å². The van der Waals surface area contributed by atoms with Crippen LogP contribution in [0.3, 0.4) is 0 Å². The Kier molecular flexibility index (Phi) is 4.44. The van der Waals surface area contributed by atoms with Gasteiger partial charge in [0, 0.05) is 11.8 Å². The molecule has 2 atom stereocenters. The van der Waals surface area contributed by atoms with E-state index in [1.54, 1.807) is 0 Å². The maximum absolute atomic E-state index is 3.42. The zero-order valence-electron chi connectivity index (χ0n) is 8.47. The zero-order chi connectivity index (χ0) is 8.97. The van der Waals surface area contributed by atoms with Gasteiger partial charge in [-0.25, -0.2) is 0 Å². The number of hydrogen-bond donors (Lipinski definition) is 1. The Balaban J connectivity index is 2.21. The molecule has 1 nitrogen and oxygen atoms in total. The molecule has 1 N–H and O–H groups in total. The van der Waals surface area contributed by atoms with Crippen LogP contribution in [0.2, 0.25) is 0 Å². The lowest BCUT2D eigenvalue weighted by atomic mass is 9.94. The predicted octanol–water partition coefficient (Wildman–Crippen LogP) is 2.37. The highest BCUT2D eigenvalue weighted by Crippen LogP contribution is 2.28. The second-order valence-electron chi connectivity index (χ2n) is 4.16. The van der Waals surface area contributed by atoms with Gasteiger partial charge in [0.2, 0.25) is 0 Å². The van der Waals surface area contributed by atoms with Crippen molar-refractivity contribution in [2.75, 3.05) is 18.6 Å². The number of rotatable bonds is 4. The van der Waals surface area contributed by atoms with Crippen LogP contribution in [-0.2, 0) is 0 Å². The van der Waals surface area contributed by atoms with Crippen LogP contribution >= 0.6 is 11.8 Å². The van der Waals surface area contributed by atoms with E-state index in [0.717, 1.165) is 17.9 Å². The Morgan fingerprint density at radius 1 is 1.42 bits per heavy atom. The van der Waals surface area contributed by atoms with E-state index in [9.17, 15) is 0 Å². The van der Waals surface area contributed by atoms with Crippen molar-refractivity contribution in [3.63, 3.8) is 0 Å². The molecular formula is C10H21NS. The quantitative estimate of drug-likeness (QED) is 0.725. The molecule has 12 heavy (non-hydrogen) atoms. The summed E-state index contributed by atoms with van der Waals surface area (Å²) in [7, 11) is 2.10. The fourth-order valence-corrected chi connectivity index (χ4v) is 3.28. The van der Waals surface area contributed by atoms with Crippen LogP contribution in [0.15, 0.2) is 0 Å². The lowest BCUT2D eigenvalue weighted by molar-refractivity contribution is 0.389. The summed E-state index contributed by atoms with van der Waals surface area (Å²) < 4.78 is 0. The minimum Gasteiger partial charge on any atom is -0.316 e. The van der Waals surface area contributed by atoms with Gasteiger partial charge in [0.25, 0.3) is 0 Å². The molecule has 0 radical (unpaired) electrons. The first-order valence-corrected chi connectivity index (χ1v) is 6.14. The van der Waals surface area contributed by atoms with Crippen molar-refractivity contribution in [2.45, 2.75) is 32.7 Å². The van der Waals surface area contributed by atoms with Gasteiger partial charge >= 0.3 is 0 Å². The van der Waals surface area contributed by atoms with Gasteiger partial charge < -0.3 is 5.32 Å². The molecule has 1 aliphatic heterocycles. The third kappa shape index (κ3) is 2.98. The summed E-state index contributed by atoms with van der Waals surface area (Å²) in [5.74, 6) is 4.49. The number of nitrogens with one attached hydrogen (secondary N) is 1. The highest BCUT2D eigenvalue weighted by atomic mass is 32.2. The van der Waals surface area contributed by atoms with Crippen molar-refractivity contribution in [3.8, 4) is 0 Å². The van der Waals surface area contributed by atoms with E-state index in [1.165, 1.54) is 24.3 Å². The minimum atomic E-state index is 0.786. The Morgan fingerprint density at radius 3 is 2.75 bits per heavy atom. The second-order valence-corrected chi connectivity index (χ2v) is 5.24. The summed E-state index contributed by atoms with van der Waals surface area (Å²) in [5, 5.41) is 3.42. The second kappa shape index (κ2) is 5.13. The lowest BCUT2D eigenvalue weighted by Crippen LogP contribution is -2.32. The molecule has 0 aromatic rings. The number of thioether (sulfide) groups is 1. The largest absolute Gasteiger partial charge is 0.316 e. The molecule has 0 bridgehead atoms. The Hall–Kier alpha value is 0.310. The molecule has 1 heterocycles. The van der Waals surface area contributed by atoms with Crippen molar-refractivity contribution in [1.29, 1.82) is 0 Å². The Morgan fingerprint density at radius 2 is 2.17 bits per heavy atom. The Labute approximate surface area is 80.7 Å². The van der Waals surface area contributed by atoms with Crippen molar-refractivity contribution in [3.05, 3.63) is 0 Å². The third-order valence-corrected chi connectivity index (χ3v) is 3.94. The molecule has 1 fully saturated rings. The topological polar surface area (TPSA) is 12.0 Å². The van der Waals surface area contributed by atoms with E-state index in [1.807, 2.05) is 0 Å². The van der Waals surface area contributed by atoms with Crippen molar-refractivity contribution in [2.24, 2.45) is 11.8 Å². The van der Waals surface area contributed by atoms with Gasteiger partial charge in [-0.2, -0.15) is 11.8 Å². The van der Waals surface area contributed by atoms with Gasteiger partial charge in [-0.15, -0.1) is 0 Å². The van der Waals surface area contributed by atoms with E-state index < -0.39 is 0 Å². The van der Waals surface area contributed by atoms with E-state index >= 15 is 0 Å². The van der Waals surface area contributed by atoms with E-state index in [0.29, 0.717) is 0 Å². The van der Waals surface area contributed by atoms with Gasteiger partial charge in [0.05, 0.1) is 0 Å². The molecule has 1 aliphatic rings. The molecule has 2 heteroatoms. The SMILES string of the molecule is CNC1CSCC1CCC(C)C. The van der Waals surface area contributed by atoms with Crippen molar-refractivity contribution < 1.29 is 0 Å². The molecular weight excluding hydrogens is 166 g/mol. The summed E-state index contributed by atoms with van der Waals surface area (Å²) in [4.78, 5) is 0. The van der Waals surface area contributed by atoms with E-state index in [4.69, 9.17) is 0 Å². The first kappa shape index (κ1) is 10.4. The molecule has 0 spiro atoms. The fourth-order valence-electron chi connectivity index (χ4n) is 1.75. The summed E-state index contributed by atoms with van der Waals surface area (Å²) in [5.41, 5.74) is 0. The van der Waals surface area contributed by atoms with Gasteiger partial charge in [0.1, 0.15) is 0 Å². The van der Waals surface area contributed by atoms with Crippen LogP contribution in [0.1, 0.15) is 26.7 Å². The molecule has 0 aromatic heterocycles. The predicted molar refractivity (Wildman–Crippen MR) is 57.7 cm³/mol. The monoisotopic (exact) mass is 187 g/mol. The van der Waals surface area contributed by atoms with Gasteiger partial charge in [0.15, 0.2) is 0 Å². The minimum absolute atomic E-state index is 0.786. The van der Waals surface area contributed by atoms with Crippen LogP contribution < -0.4 is 5.32 Å². The average molecular weight is 187 g/mol. The van der Waals surface area contributed by atoms with Gasteiger partial charge in [-0.3, -0.25) is 0 Å². The van der Waals surface area contributed by atoms with Gasteiger partial charge in [-0.05, 0) is 31.1 Å². The molecule has 0 amide bonds. The molecule has 0 aromatic carbocycles.